The number of piperidine rings is 1. The summed E-state index contributed by atoms with van der Waals surface area (Å²) in [7, 11) is 0. The highest BCUT2D eigenvalue weighted by Gasteiger charge is 2.34. The van der Waals surface area contributed by atoms with Crippen LogP contribution in [0.4, 0.5) is 13.2 Å². The van der Waals surface area contributed by atoms with Crippen LogP contribution in [0.1, 0.15) is 22.7 Å². The molecular formula is C10H14F3N3S. The predicted octanol–water partition coefficient (Wildman–Crippen LogP) is 2.08. The lowest BCUT2D eigenvalue weighted by Gasteiger charge is -2.29. The minimum absolute atomic E-state index is 0.235. The Morgan fingerprint density at radius 2 is 2.06 bits per heavy atom. The fraction of sp³-hybridized carbons (Fsp3) is 0.700. The molecule has 0 aliphatic carbocycles. The molecule has 96 valence electrons. The number of likely N-dealkylation sites (tertiary alicyclic amines) is 1. The van der Waals surface area contributed by atoms with Gasteiger partial charge in [-0.25, -0.2) is 4.98 Å². The SMILES string of the molecule is NC1CCN(Cc2cnc(C(F)(F)F)s2)CC1. The predicted molar refractivity (Wildman–Crippen MR) is 59.6 cm³/mol. The van der Waals surface area contributed by atoms with Crippen molar-refractivity contribution in [2.75, 3.05) is 13.1 Å². The van der Waals surface area contributed by atoms with Gasteiger partial charge in [0.2, 0.25) is 0 Å². The van der Waals surface area contributed by atoms with Crippen LogP contribution >= 0.6 is 11.3 Å². The summed E-state index contributed by atoms with van der Waals surface area (Å²) in [6, 6.07) is 0.235. The number of alkyl halides is 3. The molecule has 1 aliphatic heterocycles. The largest absolute Gasteiger partial charge is 0.443 e. The van der Waals surface area contributed by atoms with Crippen molar-refractivity contribution in [1.82, 2.24) is 9.88 Å². The number of aromatic nitrogens is 1. The van der Waals surface area contributed by atoms with Gasteiger partial charge >= 0.3 is 6.18 Å². The van der Waals surface area contributed by atoms with E-state index in [0.717, 1.165) is 37.3 Å². The lowest BCUT2D eigenvalue weighted by atomic mass is 10.1. The van der Waals surface area contributed by atoms with Gasteiger partial charge in [-0.15, -0.1) is 11.3 Å². The molecule has 7 heteroatoms. The molecular weight excluding hydrogens is 251 g/mol. The first-order valence-corrected chi connectivity index (χ1v) is 6.26. The molecule has 1 fully saturated rings. The topological polar surface area (TPSA) is 42.1 Å². The maximum atomic E-state index is 12.3. The Balaban J connectivity index is 1.93. The van der Waals surface area contributed by atoms with Gasteiger partial charge in [-0.1, -0.05) is 0 Å². The van der Waals surface area contributed by atoms with E-state index in [1.54, 1.807) is 0 Å². The Bertz CT molecular complexity index is 369. The first-order chi connectivity index (χ1) is 7.95. The van der Waals surface area contributed by atoms with Gasteiger partial charge in [0.05, 0.1) is 0 Å². The molecule has 1 aliphatic rings. The maximum Gasteiger partial charge on any atom is 0.443 e. The van der Waals surface area contributed by atoms with E-state index in [-0.39, 0.29) is 6.04 Å². The van der Waals surface area contributed by atoms with Crippen LogP contribution in [0, 0.1) is 0 Å². The molecule has 1 saturated heterocycles. The number of thiazole rings is 1. The fourth-order valence-electron chi connectivity index (χ4n) is 1.84. The van der Waals surface area contributed by atoms with E-state index in [4.69, 9.17) is 5.73 Å². The molecule has 0 aromatic carbocycles. The third-order valence-corrected chi connectivity index (χ3v) is 3.83. The molecule has 0 bridgehead atoms. The van der Waals surface area contributed by atoms with E-state index in [9.17, 15) is 13.2 Å². The van der Waals surface area contributed by atoms with Crippen LogP contribution in [0.25, 0.3) is 0 Å². The van der Waals surface area contributed by atoms with Crippen LogP contribution in [0.2, 0.25) is 0 Å². The van der Waals surface area contributed by atoms with E-state index in [1.165, 1.54) is 6.20 Å². The highest BCUT2D eigenvalue weighted by Crippen LogP contribution is 2.32. The summed E-state index contributed by atoms with van der Waals surface area (Å²) in [5.74, 6) is 0. The summed E-state index contributed by atoms with van der Waals surface area (Å²) in [6.07, 6.45) is -1.19. The van der Waals surface area contributed by atoms with E-state index >= 15 is 0 Å². The molecule has 1 aromatic heterocycles. The van der Waals surface area contributed by atoms with Crippen molar-refractivity contribution in [3.63, 3.8) is 0 Å². The molecule has 17 heavy (non-hydrogen) atoms. The Morgan fingerprint density at radius 3 is 2.59 bits per heavy atom. The number of nitrogens with two attached hydrogens (primary N) is 1. The smallest absolute Gasteiger partial charge is 0.328 e. The number of hydrogen-bond donors (Lipinski definition) is 1. The molecule has 0 spiro atoms. The van der Waals surface area contributed by atoms with Crippen LogP contribution in [0.3, 0.4) is 0 Å². The Hall–Kier alpha value is -0.660. The normalized spacial score (nSPS) is 19.8. The van der Waals surface area contributed by atoms with E-state index in [0.29, 0.717) is 11.4 Å². The second-order valence-corrected chi connectivity index (χ2v) is 5.36. The van der Waals surface area contributed by atoms with Gasteiger partial charge in [0.25, 0.3) is 0 Å². The van der Waals surface area contributed by atoms with Crippen molar-refractivity contribution < 1.29 is 13.2 Å². The third-order valence-electron chi connectivity index (χ3n) is 2.81. The van der Waals surface area contributed by atoms with Crippen molar-refractivity contribution in [3.8, 4) is 0 Å². The van der Waals surface area contributed by atoms with E-state index in [1.807, 2.05) is 0 Å². The summed E-state index contributed by atoms with van der Waals surface area (Å²) >= 11 is 0.725. The molecule has 2 N–H and O–H groups in total. The highest BCUT2D eigenvalue weighted by molar-refractivity contribution is 7.11. The molecule has 1 aromatic rings. The fourth-order valence-corrected chi connectivity index (χ4v) is 2.67. The van der Waals surface area contributed by atoms with Crippen LogP contribution in [0.5, 0.6) is 0 Å². The summed E-state index contributed by atoms with van der Waals surface area (Å²) in [5.41, 5.74) is 5.77. The molecule has 2 rings (SSSR count). The summed E-state index contributed by atoms with van der Waals surface area (Å²) < 4.78 is 37.0. The minimum Gasteiger partial charge on any atom is -0.328 e. The summed E-state index contributed by atoms with van der Waals surface area (Å²) in [5, 5.41) is -0.763. The molecule has 2 heterocycles. The van der Waals surface area contributed by atoms with Crippen molar-refractivity contribution in [3.05, 3.63) is 16.1 Å². The maximum absolute atomic E-state index is 12.3. The average molecular weight is 265 g/mol. The zero-order valence-corrected chi connectivity index (χ0v) is 10.0. The molecule has 0 radical (unpaired) electrons. The standard InChI is InChI=1S/C10H14F3N3S/c11-10(12,13)9-15-5-8(17-9)6-16-3-1-7(14)2-4-16/h5,7H,1-4,6,14H2. The van der Waals surface area contributed by atoms with Gasteiger partial charge in [0.15, 0.2) is 5.01 Å². The van der Waals surface area contributed by atoms with Gasteiger partial charge in [-0.3, -0.25) is 4.90 Å². The monoisotopic (exact) mass is 265 g/mol. The molecule has 0 unspecified atom stereocenters. The van der Waals surface area contributed by atoms with Gasteiger partial charge in [-0.2, -0.15) is 13.2 Å². The Morgan fingerprint density at radius 1 is 1.41 bits per heavy atom. The zero-order valence-electron chi connectivity index (χ0n) is 9.20. The Labute approximate surface area is 101 Å². The highest BCUT2D eigenvalue weighted by atomic mass is 32.1. The second-order valence-electron chi connectivity index (χ2n) is 4.24. The number of rotatable bonds is 2. The second kappa shape index (κ2) is 4.91. The van der Waals surface area contributed by atoms with Gasteiger partial charge in [0.1, 0.15) is 0 Å². The first kappa shape index (κ1) is 12.8. The molecule has 0 atom stereocenters. The average Bonchev–Trinajstić information content (AvgIpc) is 2.69. The first-order valence-electron chi connectivity index (χ1n) is 5.45. The zero-order chi connectivity index (χ0) is 12.5. The lowest BCUT2D eigenvalue weighted by molar-refractivity contribution is -0.137. The van der Waals surface area contributed by atoms with Gasteiger partial charge < -0.3 is 5.73 Å². The number of halogens is 3. The van der Waals surface area contributed by atoms with Crippen molar-refractivity contribution in [2.24, 2.45) is 5.73 Å². The molecule has 0 amide bonds. The summed E-state index contributed by atoms with van der Waals surface area (Å²) in [6.45, 7) is 2.24. The molecule has 3 nitrogen and oxygen atoms in total. The Kier molecular flexibility index (Phi) is 3.70. The van der Waals surface area contributed by atoms with E-state index in [2.05, 4.69) is 9.88 Å². The van der Waals surface area contributed by atoms with Crippen LogP contribution in [-0.4, -0.2) is 29.0 Å². The van der Waals surface area contributed by atoms with Crippen LogP contribution < -0.4 is 5.73 Å². The van der Waals surface area contributed by atoms with Gasteiger partial charge in [0, 0.05) is 23.7 Å². The number of nitrogens with zero attached hydrogens (tertiary/aromatic N) is 2. The van der Waals surface area contributed by atoms with Crippen molar-refractivity contribution >= 4 is 11.3 Å². The third kappa shape index (κ3) is 3.40. The van der Waals surface area contributed by atoms with Crippen LogP contribution in [0.15, 0.2) is 6.20 Å². The van der Waals surface area contributed by atoms with Crippen molar-refractivity contribution in [2.45, 2.75) is 31.6 Å². The van der Waals surface area contributed by atoms with Crippen LogP contribution in [-0.2, 0) is 12.7 Å². The minimum atomic E-state index is -4.33. The summed E-state index contributed by atoms with van der Waals surface area (Å²) in [4.78, 5) is 6.19. The lowest BCUT2D eigenvalue weighted by Crippen LogP contribution is -2.39. The molecule has 0 saturated carbocycles. The van der Waals surface area contributed by atoms with E-state index < -0.39 is 11.2 Å². The van der Waals surface area contributed by atoms with Crippen molar-refractivity contribution in [1.29, 1.82) is 0 Å². The number of hydrogen-bond acceptors (Lipinski definition) is 4. The van der Waals surface area contributed by atoms with Gasteiger partial charge in [-0.05, 0) is 25.9 Å². The quantitative estimate of drug-likeness (QED) is 0.890.